The fourth-order valence-corrected chi connectivity index (χ4v) is 2.90. The first-order valence-electron chi connectivity index (χ1n) is 6.86. The van der Waals surface area contributed by atoms with Gasteiger partial charge in [0.15, 0.2) is 0 Å². The van der Waals surface area contributed by atoms with Gasteiger partial charge in [-0.1, -0.05) is 19.9 Å². The molecule has 1 aromatic carbocycles. The maximum atomic E-state index is 10.0. The largest absolute Gasteiger partial charge is 0.508 e. The van der Waals surface area contributed by atoms with Gasteiger partial charge in [0.1, 0.15) is 5.75 Å². The Morgan fingerprint density at radius 2 is 2.06 bits per heavy atom. The summed E-state index contributed by atoms with van der Waals surface area (Å²) in [4.78, 5) is 2.41. The van der Waals surface area contributed by atoms with Gasteiger partial charge in [-0.15, -0.1) is 0 Å². The normalized spacial score (nSPS) is 21.6. The molecule has 0 bridgehead atoms. The summed E-state index contributed by atoms with van der Waals surface area (Å²) in [5.41, 5.74) is 7.76. The molecule has 0 radical (unpaired) electrons. The van der Waals surface area contributed by atoms with E-state index < -0.39 is 0 Å². The Kier molecular flexibility index (Phi) is 3.81. The van der Waals surface area contributed by atoms with Gasteiger partial charge in [0.05, 0.1) is 0 Å². The van der Waals surface area contributed by atoms with Crippen molar-refractivity contribution in [1.82, 2.24) is 0 Å². The molecule has 1 heterocycles. The number of benzene rings is 1. The number of anilines is 1. The molecule has 0 saturated carbocycles. The van der Waals surface area contributed by atoms with E-state index in [1.54, 1.807) is 0 Å². The zero-order valence-corrected chi connectivity index (χ0v) is 11.6. The van der Waals surface area contributed by atoms with Crippen molar-refractivity contribution in [1.29, 1.82) is 0 Å². The molecule has 1 aromatic rings. The lowest BCUT2D eigenvalue weighted by Gasteiger charge is -2.30. The van der Waals surface area contributed by atoms with Gasteiger partial charge in [0.25, 0.3) is 0 Å². The van der Waals surface area contributed by atoms with Gasteiger partial charge in [-0.05, 0) is 31.7 Å². The quantitative estimate of drug-likeness (QED) is 0.864. The second-order valence-corrected chi connectivity index (χ2v) is 5.68. The molecule has 0 aliphatic carbocycles. The summed E-state index contributed by atoms with van der Waals surface area (Å²) in [6, 6.07) is 6.35. The molecule has 1 fully saturated rings. The van der Waals surface area contributed by atoms with E-state index in [1.165, 1.54) is 12.8 Å². The van der Waals surface area contributed by atoms with E-state index in [-0.39, 0.29) is 6.04 Å². The average Bonchev–Trinajstić information content (AvgIpc) is 2.77. The average molecular weight is 248 g/mol. The van der Waals surface area contributed by atoms with E-state index in [0.717, 1.165) is 17.8 Å². The predicted octanol–water partition coefficient (Wildman–Crippen LogP) is 3.04. The summed E-state index contributed by atoms with van der Waals surface area (Å²) >= 11 is 0. The summed E-state index contributed by atoms with van der Waals surface area (Å²) in [5.74, 6) is 0.958. The monoisotopic (exact) mass is 248 g/mol. The Balaban J connectivity index is 2.26. The summed E-state index contributed by atoms with van der Waals surface area (Å²) in [7, 11) is 0. The Bertz CT molecular complexity index is 415. The van der Waals surface area contributed by atoms with Crippen molar-refractivity contribution in [2.24, 2.45) is 11.7 Å². The summed E-state index contributed by atoms with van der Waals surface area (Å²) in [6.07, 6.45) is 2.48. The molecule has 1 aliphatic rings. The molecule has 0 aromatic heterocycles. The first-order chi connectivity index (χ1) is 8.50. The Hall–Kier alpha value is -1.22. The van der Waals surface area contributed by atoms with Gasteiger partial charge in [0.2, 0.25) is 0 Å². The van der Waals surface area contributed by atoms with Gasteiger partial charge in [-0.3, -0.25) is 0 Å². The van der Waals surface area contributed by atoms with Crippen LogP contribution in [0.25, 0.3) is 0 Å². The predicted molar refractivity (Wildman–Crippen MR) is 75.9 cm³/mol. The van der Waals surface area contributed by atoms with Crippen LogP contribution in [-0.4, -0.2) is 17.7 Å². The summed E-state index contributed by atoms with van der Waals surface area (Å²) in [6.45, 7) is 7.50. The van der Waals surface area contributed by atoms with Crippen molar-refractivity contribution in [2.45, 2.75) is 45.7 Å². The first kappa shape index (κ1) is 13.2. The maximum absolute atomic E-state index is 10.0. The minimum absolute atomic E-state index is 0.126. The van der Waals surface area contributed by atoms with Crippen LogP contribution >= 0.6 is 0 Å². The second-order valence-electron chi connectivity index (χ2n) is 5.68. The minimum Gasteiger partial charge on any atom is -0.508 e. The molecule has 1 saturated heterocycles. The maximum Gasteiger partial charge on any atom is 0.122 e. The third-order valence-corrected chi connectivity index (χ3v) is 3.91. The van der Waals surface area contributed by atoms with Crippen molar-refractivity contribution < 1.29 is 5.11 Å². The minimum atomic E-state index is -0.126. The standard InChI is InChI=1S/C15H24N2O/c1-10(2)14-5-4-8-17(14)12-6-7-13(11(3)16)15(18)9-12/h6-7,9-11,14,18H,4-5,8,16H2,1-3H3. The van der Waals surface area contributed by atoms with Crippen molar-refractivity contribution in [3.63, 3.8) is 0 Å². The number of rotatable bonds is 3. The molecule has 0 spiro atoms. The number of nitrogens with two attached hydrogens (primary N) is 1. The molecule has 3 nitrogen and oxygen atoms in total. The van der Waals surface area contributed by atoms with Crippen LogP contribution in [0, 0.1) is 5.92 Å². The third kappa shape index (κ3) is 2.46. The van der Waals surface area contributed by atoms with E-state index in [9.17, 15) is 5.11 Å². The van der Waals surface area contributed by atoms with E-state index in [1.807, 2.05) is 19.1 Å². The van der Waals surface area contributed by atoms with Crippen LogP contribution in [-0.2, 0) is 0 Å². The van der Waals surface area contributed by atoms with Crippen molar-refractivity contribution in [3.05, 3.63) is 23.8 Å². The zero-order chi connectivity index (χ0) is 13.3. The smallest absolute Gasteiger partial charge is 0.122 e. The lowest BCUT2D eigenvalue weighted by Crippen LogP contribution is -2.33. The van der Waals surface area contributed by atoms with Crippen LogP contribution in [0.5, 0.6) is 5.75 Å². The molecule has 2 rings (SSSR count). The van der Waals surface area contributed by atoms with E-state index >= 15 is 0 Å². The van der Waals surface area contributed by atoms with Crippen LogP contribution in [0.15, 0.2) is 18.2 Å². The lowest BCUT2D eigenvalue weighted by molar-refractivity contribution is 0.461. The molecular weight excluding hydrogens is 224 g/mol. The number of nitrogens with zero attached hydrogens (tertiary/aromatic N) is 1. The van der Waals surface area contributed by atoms with Crippen LogP contribution < -0.4 is 10.6 Å². The van der Waals surface area contributed by atoms with E-state index in [0.29, 0.717) is 17.7 Å². The fraction of sp³-hybridized carbons (Fsp3) is 0.600. The van der Waals surface area contributed by atoms with Gasteiger partial charge in [-0.2, -0.15) is 0 Å². The molecule has 2 unspecified atom stereocenters. The SMILES string of the molecule is CC(N)c1ccc(N2CCCC2C(C)C)cc1O. The topological polar surface area (TPSA) is 49.5 Å². The van der Waals surface area contributed by atoms with Gasteiger partial charge < -0.3 is 15.7 Å². The van der Waals surface area contributed by atoms with Crippen LogP contribution in [0.4, 0.5) is 5.69 Å². The molecular formula is C15H24N2O. The number of aromatic hydroxyl groups is 1. The van der Waals surface area contributed by atoms with Crippen molar-refractivity contribution >= 4 is 5.69 Å². The highest BCUT2D eigenvalue weighted by atomic mass is 16.3. The van der Waals surface area contributed by atoms with Gasteiger partial charge in [-0.25, -0.2) is 0 Å². The molecule has 1 aliphatic heterocycles. The molecule has 0 amide bonds. The number of phenolic OH excluding ortho intramolecular Hbond substituents is 1. The highest BCUT2D eigenvalue weighted by Crippen LogP contribution is 2.33. The number of hydrogen-bond donors (Lipinski definition) is 2. The Morgan fingerprint density at radius 1 is 1.33 bits per heavy atom. The second kappa shape index (κ2) is 5.19. The molecule has 18 heavy (non-hydrogen) atoms. The lowest BCUT2D eigenvalue weighted by atomic mass is 10.0. The summed E-state index contributed by atoms with van der Waals surface area (Å²) in [5, 5.41) is 10.0. The van der Waals surface area contributed by atoms with Crippen LogP contribution in [0.3, 0.4) is 0 Å². The first-order valence-corrected chi connectivity index (χ1v) is 6.86. The molecule has 2 atom stereocenters. The van der Waals surface area contributed by atoms with Gasteiger partial charge >= 0.3 is 0 Å². The highest BCUT2D eigenvalue weighted by Gasteiger charge is 2.27. The van der Waals surface area contributed by atoms with E-state index in [2.05, 4.69) is 24.8 Å². The Labute approximate surface area is 110 Å². The number of phenols is 1. The van der Waals surface area contributed by atoms with Crippen molar-refractivity contribution in [2.75, 3.05) is 11.4 Å². The van der Waals surface area contributed by atoms with Crippen LogP contribution in [0.1, 0.15) is 45.2 Å². The van der Waals surface area contributed by atoms with E-state index in [4.69, 9.17) is 5.73 Å². The number of hydrogen-bond acceptors (Lipinski definition) is 3. The zero-order valence-electron chi connectivity index (χ0n) is 11.6. The van der Waals surface area contributed by atoms with Crippen molar-refractivity contribution in [3.8, 4) is 5.75 Å². The molecule has 100 valence electrons. The molecule has 3 heteroatoms. The molecule has 3 N–H and O–H groups in total. The third-order valence-electron chi connectivity index (χ3n) is 3.91. The highest BCUT2D eigenvalue weighted by molar-refractivity contribution is 5.55. The van der Waals surface area contributed by atoms with Crippen LogP contribution in [0.2, 0.25) is 0 Å². The fourth-order valence-electron chi connectivity index (χ4n) is 2.90. The summed E-state index contributed by atoms with van der Waals surface area (Å²) < 4.78 is 0. The Morgan fingerprint density at radius 3 is 2.61 bits per heavy atom. The van der Waals surface area contributed by atoms with Gasteiger partial charge in [0, 0.05) is 35.9 Å².